The van der Waals surface area contributed by atoms with Gasteiger partial charge in [0.15, 0.2) is 0 Å². The predicted octanol–water partition coefficient (Wildman–Crippen LogP) is 2.28. The number of amides is 1. The maximum Gasteiger partial charge on any atom is 0.335 e. The molecule has 0 fully saturated rings. The summed E-state index contributed by atoms with van der Waals surface area (Å²) < 4.78 is 23.0. The molecule has 9 heteroatoms. The molecule has 0 aliphatic carbocycles. The Morgan fingerprint density at radius 1 is 1.00 bits per heavy atom. The van der Waals surface area contributed by atoms with Crippen LogP contribution in [0.2, 0.25) is 0 Å². The third-order valence-electron chi connectivity index (χ3n) is 4.94. The second-order valence-corrected chi connectivity index (χ2v) is 8.92. The van der Waals surface area contributed by atoms with E-state index in [4.69, 9.17) is 16.6 Å². The van der Waals surface area contributed by atoms with Crippen molar-refractivity contribution in [2.45, 2.75) is 18.2 Å². The lowest BCUT2D eigenvalue weighted by Crippen LogP contribution is -2.14. The molecule has 3 aromatic carbocycles. The van der Waals surface area contributed by atoms with Crippen LogP contribution in [0.15, 0.2) is 59.5 Å². The molecule has 3 aromatic rings. The van der Waals surface area contributed by atoms with Gasteiger partial charge in [-0.15, -0.1) is 0 Å². The zero-order valence-electron chi connectivity index (χ0n) is 17.6. The predicted molar refractivity (Wildman–Crippen MR) is 125 cm³/mol. The number of nitrogens with two attached hydrogens (primary N) is 3. The second kappa shape index (κ2) is 9.16. The Labute approximate surface area is 191 Å². The van der Waals surface area contributed by atoms with Gasteiger partial charge in [0.05, 0.1) is 21.7 Å². The van der Waals surface area contributed by atoms with Crippen LogP contribution in [-0.4, -0.2) is 25.4 Å². The lowest BCUT2D eigenvalue weighted by Gasteiger charge is -2.11. The van der Waals surface area contributed by atoms with E-state index >= 15 is 0 Å². The van der Waals surface area contributed by atoms with Gasteiger partial charge in [0.1, 0.15) is 0 Å². The van der Waals surface area contributed by atoms with Crippen LogP contribution in [0.1, 0.15) is 37.4 Å². The Balaban J connectivity index is 2.04. The first-order chi connectivity index (χ1) is 15.5. The third-order valence-corrected chi connectivity index (χ3v) is 5.87. The Bertz CT molecular complexity index is 1430. The number of carboxylic acid groups (broad SMARTS) is 1. The molecule has 7 N–H and O–H groups in total. The van der Waals surface area contributed by atoms with Crippen LogP contribution in [0.5, 0.6) is 0 Å². The monoisotopic (exact) mass is 463 g/mol. The summed E-state index contributed by atoms with van der Waals surface area (Å²) in [6.45, 7) is 1.86. The van der Waals surface area contributed by atoms with Crippen LogP contribution in [0.25, 0.3) is 11.1 Å². The van der Waals surface area contributed by atoms with Crippen LogP contribution >= 0.6 is 0 Å². The van der Waals surface area contributed by atoms with E-state index in [1.807, 2.05) is 6.92 Å². The summed E-state index contributed by atoms with van der Waals surface area (Å²) in [6.07, 6.45) is 0.179. The number of carbonyl (C=O) groups excluding carboxylic acids is 1. The van der Waals surface area contributed by atoms with Crippen molar-refractivity contribution in [2.24, 2.45) is 10.9 Å². The summed E-state index contributed by atoms with van der Waals surface area (Å²) in [4.78, 5) is 23.3. The Kier molecular flexibility index (Phi) is 6.53. The quantitative estimate of drug-likeness (QED) is 0.334. The van der Waals surface area contributed by atoms with Gasteiger partial charge in [0.25, 0.3) is 5.91 Å². The first-order valence-electron chi connectivity index (χ1n) is 9.65. The molecular formula is C24H21N3O5S. The van der Waals surface area contributed by atoms with Gasteiger partial charge in [-0.25, -0.2) is 18.4 Å². The summed E-state index contributed by atoms with van der Waals surface area (Å²) in [5.74, 6) is 4.07. The van der Waals surface area contributed by atoms with Crippen LogP contribution in [0.3, 0.4) is 0 Å². The first kappa shape index (κ1) is 23.5. The number of anilines is 1. The van der Waals surface area contributed by atoms with Gasteiger partial charge in [-0.05, 0) is 48.4 Å². The van der Waals surface area contributed by atoms with Crippen molar-refractivity contribution in [3.63, 3.8) is 0 Å². The number of aromatic carboxylic acids is 1. The fourth-order valence-corrected chi connectivity index (χ4v) is 3.83. The minimum Gasteiger partial charge on any atom is -0.478 e. The van der Waals surface area contributed by atoms with Crippen LogP contribution < -0.4 is 16.6 Å². The zero-order valence-corrected chi connectivity index (χ0v) is 18.4. The molecule has 0 aliphatic heterocycles. The number of nitrogen functional groups attached to an aromatic ring is 1. The number of primary sulfonamides is 1. The van der Waals surface area contributed by atoms with Gasteiger partial charge >= 0.3 is 5.97 Å². The van der Waals surface area contributed by atoms with Crippen molar-refractivity contribution in [3.05, 3.63) is 82.4 Å². The fourth-order valence-electron chi connectivity index (χ4n) is 3.31. The van der Waals surface area contributed by atoms with Gasteiger partial charge in [0, 0.05) is 17.5 Å². The number of carboxylic acids is 1. The summed E-state index contributed by atoms with van der Waals surface area (Å²) >= 11 is 0. The number of carbonyl (C=O) groups is 2. The highest BCUT2D eigenvalue weighted by Gasteiger charge is 2.15. The van der Waals surface area contributed by atoms with E-state index in [-0.39, 0.29) is 28.1 Å². The normalized spacial score (nSPS) is 10.8. The lowest BCUT2D eigenvalue weighted by atomic mass is 9.96. The second-order valence-electron chi connectivity index (χ2n) is 7.36. The summed E-state index contributed by atoms with van der Waals surface area (Å²) in [7, 11) is -3.86. The minimum atomic E-state index is -3.86. The molecule has 0 unspecified atom stereocenters. The molecule has 8 nitrogen and oxygen atoms in total. The van der Waals surface area contributed by atoms with Crippen molar-refractivity contribution >= 4 is 27.6 Å². The van der Waals surface area contributed by atoms with E-state index in [9.17, 15) is 23.1 Å². The zero-order chi connectivity index (χ0) is 24.3. The summed E-state index contributed by atoms with van der Waals surface area (Å²) in [5, 5.41) is 14.5. The topological polar surface area (TPSA) is 167 Å². The van der Waals surface area contributed by atoms with Crippen molar-refractivity contribution in [2.75, 3.05) is 5.73 Å². The van der Waals surface area contributed by atoms with Crippen LogP contribution in [0.4, 0.5) is 5.69 Å². The average Bonchev–Trinajstić information content (AvgIpc) is 2.74. The Morgan fingerprint density at radius 3 is 2.24 bits per heavy atom. The van der Waals surface area contributed by atoms with E-state index < -0.39 is 21.9 Å². The molecule has 0 bridgehead atoms. The highest BCUT2D eigenvalue weighted by Crippen LogP contribution is 2.31. The van der Waals surface area contributed by atoms with Crippen molar-refractivity contribution < 1.29 is 23.1 Å². The van der Waals surface area contributed by atoms with E-state index in [1.165, 1.54) is 36.4 Å². The van der Waals surface area contributed by atoms with Gasteiger partial charge in [-0.3, -0.25) is 4.79 Å². The molecule has 33 heavy (non-hydrogen) atoms. The van der Waals surface area contributed by atoms with Gasteiger partial charge in [-0.2, -0.15) is 0 Å². The molecule has 1 amide bonds. The first-order valence-corrected chi connectivity index (χ1v) is 11.2. The van der Waals surface area contributed by atoms with Gasteiger partial charge in [-0.1, -0.05) is 41.7 Å². The van der Waals surface area contributed by atoms with E-state index in [2.05, 4.69) is 11.8 Å². The molecule has 168 valence electrons. The van der Waals surface area contributed by atoms with E-state index in [0.29, 0.717) is 22.3 Å². The third kappa shape index (κ3) is 5.38. The van der Waals surface area contributed by atoms with Crippen LogP contribution in [-0.2, 0) is 16.4 Å². The Hall–Kier alpha value is -4.13. The molecule has 0 heterocycles. The lowest BCUT2D eigenvalue weighted by molar-refractivity contribution is 0.0695. The van der Waals surface area contributed by atoms with E-state index in [0.717, 1.165) is 5.56 Å². The molecule has 0 spiro atoms. The maximum atomic E-state index is 11.9. The molecule has 0 radical (unpaired) electrons. The highest BCUT2D eigenvalue weighted by molar-refractivity contribution is 7.89. The number of aryl methyl sites for hydroxylation is 1. The minimum absolute atomic E-state index is 0.0640. The molecule has 0 saturated carbocycles. The van der Waals surface area contributed by atoms with Crippen molar-refractivity contribution in [1.82, 2.24) is 0 Å². The van der Waals surface area contributed by atoms with Crippen molar-refractivity contribution in [3.8, 4) is 23.0 Å². The van der Waals surface area contributed by atoms with E-state index in [1.54, 1.807) is 18.2 Å². The molecule has 0 aromatic heterocycles. The number of hydrogen-bond acceptors (Lipinski definition) is 5. The highest BCUT2D eigenvalue weighted by atomic mass is 32.2. The van der Waals surface area contributed by atoms with Crippen molar-refractivity contribution in [1.29, 1.82) is 0 Å². The average molecular weight is 464 g/mol. The number of sulfonamides is 1. The molecule has 0 aliphatic rings. The molecular weight excluding hydrogens is 442 g/mol. The summed E-state index contributed by atoms with van der Waals surface area (Å²) in [5.41, 5.74) is 14.9. The number of primary amides is 1. The largest absolute Gasteiger partial charge is 0.478 e. The van der Waals surface area contributed by atoms with Gasteiger partial charge in [0.2, 0.25) is 10.0 Å². The maximum absolute atomic E-state index is 11.9. The molecule has 0 saturated heterocycles. The smallest absolute Gasteiger partial charge is 0.335 e. The molecule has 3 rings (SSSR count). The number of rotatable bonds is 5. The number of hydrogen-bond donors (Lipinski definition) is 4. The standard InChI is InChI=1S/C24H21N3O5S/c1-14-5-10-19(24(29)30)17(11-14)4-2-3-15-12-20(22(25)21(13-15)23(26)28)16-6-8-18(9-7-16)33(27,31)32/h5-13H,4,25H2,1H3,(H2,26,28)(H,29,30)(H2,27,31,32). The SMILES string of the molecule is Cc1ccc(C(=O)O)c(CC#Cc2cc(C(N)=O)c(N)c(-c3ccc(S(N)(=O)=O)cc3)c2)c1. The van der Waals surface area contributed by atoms with Gasteiger partial charge < -0.3 is 16.6 Å². The fraction of sp³-hybridized carbons (Fsp3) is 0.0833. The van der Waals surface area contributed by atoms with Crippen LogP contribution in [0, 0.1) is 18.8 Å². The summed E-state index contributed by atoms with van der Waals surface area (Å²) in [6, 6.07) is 13.8. The Morgan fingerprint density at radius 2 is 1.67 bits per heavy atom. The number of benzene rings is 3. The molecule has 0 atom stereocenters.